The summed E-state index contributed by atoms with van der Waals surface area (Å²) in [5.74, 6) is 1.36. The van der Waals surface area contributed by atoms with Crippen molar-refractivity contribution in [3.05, 3.63) is 72.2 Å². The van der Waals surface area contributed by atoms with E-state index in [1.165, 1.54) is 0 Å². The fourth-order valence-corrected chi connectivity index (χ4v) is 2.98. The first-order valence-electron chi connectivity index (χ1n) is 10.3. The molecule has 2 aromatic carbocycles. The Hall–Kier alpha value is -2.96. The van der Waals surface area contributed by atoms with Crippen molar-refractivity contribution in [2.75, 3.05) is 25.1 Å². The molecular formula is C24H28N2O4. The van der Waals surface area contributed by atoms with Gasteiger partial charge in [-0.2, -0.15) is 0 Å². The number of rotatable bonds is 12. The summed E-state index contributed by atoms with van der Waals surface area (Å²) in [5.41, 5.74) is 2.78. The highest BCUT2D eigenvalue weighted by atomic mass is 16.5. The molecule has 1 amide bonds. The Labute approximate surface area is 177 Å². The molecule has 6 heteroatoms. The van der Waals surface area contributed by atoms with Gasteiger partial charge in [-0.25, -0.2) is 4.98 Å². The Morgan fingerprint density at radius 1 is 1.07 bits per heavy atom. The van der Waals surface area contributed by atoms with E-state index in [1.807, 2.05) is 61.5 Å². The van der Waals surface area contributed by atoms with Crippen molar-refractivity contribution < 1.29 is 18.7 Å². The van der Waals surface area contributed by atoms with Crippen molar-refractivity contribution in [1.29, 1.82) is 0 Å². The zero-order valence-electron chi connectivity index (χ0n) is 17.3. The van der Waals surface area contributed by atoms with Crippen molar-refractivity contribution in [1.82, 2.24) is 4.98 Å². The number of hydrogen-bond acceptors (Lipinski definition) is 5. The Bertz CT molecular complexity index is 908. The Balaban J connectivity index is 1.40. The van der Waals surface area contributed by atoms with Gasteiger partial charge in [0.25, 0.3) is 0 Å². The summed E-state index contributed by atoms with van der Waals surface area (Å²) in [6.45, 7) is 4.28. The maximum absolute atomic E-state index is 12.3. The highest BCUT2D eigenvalue weighted by Crippen LogP contribution is 2.20. The maximum atomic E-state index is 12.3. The lowest BCUT2D eigenvalue weighted by molar-refractivity contribution is -0.116. The highest BCUT2D eigenvalue weighted by Gasteiger charge is 2.08. The standard InChI is InChI=1S/C24H28N2O4/c1-2-28-14-15-29-18-19-8-6-11-21(16-19)26-23(27)12-7-13-24-25-17-22(30-24)20-9-4-3-5-10-20/h3-6,8-11,16-17H,2,7,12-15,18H2,1H3,(H,26,27). The normalized spacial score (nSPS) is 10.8. The third-order valence-electron chi connectivity index (χ3n) is 4.46. The second kappa shape index (κ2) is 11.9. The first kappa shape index (κ1) is 21.7. The molecule has 158 valence electrons. The van der Waals surface area contributed by atoms with Gasteiger partial charge in [-0.3, -0.25) is 4.79 Å². The maximum Gasteiger partial charge on any atom is 0.224 e. The van der Waals surface area contributed by atoms with E-state index in [4.69, 9.17) is 13.9 Å². The monoisotopic (exact) mass is 408 g/mol. The van der Waals surface area contributed by atoms with E-state index in [0.29, 0.717) is 51.6 Å². The van der Waals surface area contributed by atoms with Crippen LogP contribution in [-0.4, -0.2) is 30.7 Å². The lowest BCUT2D eigenvalue weighted by atomic mass is 10.2. The zero-order valence-corrected chi connectivity index (χ0v) is 17.3. The summed E-state index contributed by atoms with van der Waals surface area (Å²) in [5, 5.41) is 2.94. The average molecular weight is 408 g/mol. The second-order valence-electron chi connectivity index (χ2n) is 6.84. The number of aromatic nitrogens is 1. The summed E-state index contributed by atoms with van der Waals surface area (Å²) in [6, 6.07) is 17.5. The molecule has 30 heavy (non-hydrogen) atoms. The van der Waals surface area contributed by atoms with Crippen LogP contribution in [0.2, 0.25) is 0 Å². The fraction of sp³-hybridized carbons (Fsp3) is 0.333. The number of oxazole rings is 1. The summed E-state index contributed by atoms with van der Waals surface area (Å²) in [6.07, 6.45) is 3.42. The van der Waals surface area contributed by atoms with Crippen LogP contribution in [0.15, 0.2) is 65.2 Å². The number of nitrogens with zero attached hydrogens (tertiary/aromatic N) is 1. The van der Waals surface area contributed by atoms with E-state index in [9.17, 15) is 4.79 Å². The first-order chi connectivity index (χ1) is 14.7. The fourth-order valence-electron chi connectivity index (χ4n) is 2.98. The molecule has 0 radical (unpaired) electrons. The largest absolute Gasteiger partial charge is 0.441 e. The van der Waals surface area contributed by atoms with Gasteiger partial charge in [-0.05, 0) is 31.0 Å². The molecule has 0 spiro atoms. The number of anilines is 1. The van der Waals surface area contributed by atoms with Gasteiger partial charge >= 0.3 is 0 Å². The predicted molar refractivity (Wildman–Crippen MR) is 116 cm³/mol. The van der Waals surface area contributed by atoms with Crippen molar-refractivity contribution in [3.8, 4) is 11.3 Å². The van der Waals surface area contributed by atoms with Gasteiger partial charge < -0.3 is 19.2 Å². The molecule has 6 nitrogen and oxygen atoms in total. The van der Waals surface area contributed by atoms with Crippen molar-refractivity contribution >= 4 is 11.6 Å². The SMILES string of the molecule is CCOCCOCc1cccc(NC(=O)CCCc2ncc(-c3ccccc3)o2)c1. The summed E-state index contributed by atoms with van der Waals surface area (Å²) in [7, 11) is 0. The third-order valence-corrected chi connectivity index (χ3v) is 4.46. The van der Waals surface area contributed by atoms with Crippen LogP contribution >= 0.6 is 0 Å². The molecule has 3 rings (SSSR count). The molecule has 0 bridgehead atoms. The molecule has 0 saturated heterocycles. The Kier molecular flexibility index (Phi) is 8.62. The number of carbonyl (C=O) groups excluding carboxylic acids is 1. The number of ether oxygens (including phenoxy) is 2. The van der Waals surface area contributed by atoms with Crippen LogP contribution in [-0.2, 0) is 27.3 Å². The van der Waals surface area contributed by atoms with Crippen LogP contribution in [0.3, 0.4) is 0 Å². The third kappa shape index (κ3) is 7.13. The van der Waals surface area contributed by atoms with E-state index in [0.717, 1.165) is 22.6 Å². The lowest BCUT2D eigenvalue weighted by Crippen LogP contribution is -2.12. The number of hydrogen-bond donors (Lipinski definition) is 1. The Morgan fingerprint density at radius 3 is 2.73 bits per heavy atom. The smallest absolute Gasteiger partial charge is 0.224 e. The van der Waals surface area contributed by atoms with Crippen LogP contribution in [0.25, 0.3) is 11.3 Å². The minimum Gasteiger partial charge on any atom is -0.441 e. The Morgan fingerprint density at radius 2 is 1.90 bits per heavy atom. The van der Waals surface area contributed by atoms with Crippen molar-refractivity contribution in [3.63, 3.8) is 0 Å². The van der Waals surface area contributed by atoms with Gasteiger partial charge in [0.2, 0.25) is 5.91 Å². The van der Waals surface area contributed by atoms with E-state index in [2.05, 4.69) is 10.3 Å². The van der Waals surface area contributed by atoms with E-state index in [-0.39, 0.29) is 5.91 Å². The summed E-state index contributed by atoms with van der Waals surface area (Å²) < 4.78 is 16.6. The highest BCUT2D eigenvalue weighted by molar-refractivity contribution is 5.90. The first-order valence-corrected chi connectivity index (χ1v) is 10.3. The predicted octanol–water partition coefficient (Wildman–Crippen LogP) is 4.86. The number of benzene rings is 2. The van der Waals surface area contributed by atoms with Gasteiger partial charge in [-0.15, -0.1) is 0 Å². The minimum atomic E-state index is -0.0285. The number of nitrogens with one attached hydrogen (secondary N) is 1. The van der Waals surface area contributed by atoms with Crippen LogP contribution in [0.4, 0.5) is 5.69 Å². The molecular weight excluding hydrogens is 380 g/mol. The number of carbonyl (C=O) groups is 1. The van der Waals surface area contributed by atoms with Gasteiger partial charge in [0.05, 0.1) is 26.0 Å². The topological polar surface area (TPSA) is 73.6 Å². The van der Waals surface area contributed by atoms with E-state index in [1.54, 1.807) is 6.20 Å². The van der Waals surface area contributed by atoms with Gasteiger partial charge in [0, 0.05) is 30.7 Å². The van der Waals surface area contributed by atoms with Crippen LogP contribution in [0, 0.1) is 0 Å². The van der Waals surface area contributed by atoms with Crippen LogP contribution < -0.4 is 5.32 Å². The molecule has 0 saturated carbocycles. The van der Waals surface area contributed by atoms with E-state index < -0.39 is 0 Å². The molecule has 0 aliphatic rings. The van der Waals surface area contributed by atoms with Crippen LogP contribution in [0.5, 0.6) is 0 Å². The quantitative estimate of drug-likeness (QED) is 0.434. The lowest BCUT2D eigenvalue weighted by Gasteiger charge is -2.08. The molecule has 0 unspecified atom stereocenters. The molecule has 0 aliphatic carbocycles. The van der Waals surface area contributed by atoms with Gasteiger partial charge in [0.15, 0.2) is 11.7 Å². The van der Waals surface area contributed by atoms with E-state index >= 15 is 0 Å². The minimum absolute atomic E-state index is 0.0285. The molecule has 1 heterocycles. The van der Waals surface area contributed by atoms with Crippen molar-refractivity contribution in [2.24, 2.45) is 0 Å². The number of aryl methyl sites for hydroxylation is 1. The average Bonchev–Trinajstić information content (AvgIpc) is 3.23. The van der Waals surface area contributed by atoms with Gasteiger partial charge in [0.1, 0.15) is 0 Å². The molecule has 0 aliphatic heterocycles. The molecule has 0 fully saturated rings. The van der Waals surface area contributed by atoms with Gasteiger partial charge in [-0.1, -0.05) is 42.5 Å². The second-order valence-corrected chi connectivity index (χ2v) is 6.84. The van der Waals surface area contributed by atoms with Crippen LogP contribution in [0.1, 0.15) is 31.2 Å². The van der Waals surface area contributed by atoms with Crippen molar-refractivity contribution in [2.45, 2.75) is 32.8 Å². The molecule has 0 atom stereocenters. The molecule has 1 N–H and O–H groups in total. The zero-order chi connectivity index (χ0) is 21.0. The summed E-state index contributed by atoms with van der Waals surface area (Å²) >= 11 is 0. The molecule has 1 aromatic heterocycles. The summed E-state index contributed by atoms with van der Waals surface area (Å²) in [4.78, 5) is 16.6. The molecule has 3 aromatic rings. The number of amides is 1.